The highest BCUT2D eigenvalue weighted by molar-refractivity contribution is 6.10. The number of imidazole rings is 2. The number of hydrogen-bond donors (Lipinski definition) is 0. The van der Waals surface area contributed by atoms with Crippen molar-refractivity contribution in [1.82, 2.24) is 28.2 Å². The van der Waals surface area contributed by atoms with E-state index in [4.69, 9.17) is 9.97 Å². The fraction of sp³-hybridized carbons (Fsp3) is 0.0769. The van der Waals surface area contributed by atoms with Crippen molar-refractivity contribution in [3.63, 3.8) is 0 Å². The van der Waals surface area contributed by atoms with Crippen molar-refractivity contribution in [2.24, 2.45) is 0 Å². The van der Waals surface area contributed by atoms with E-state index in [9.17, 15) is 0 Å². The van der Waals surface area contributed by atoms with Crippen molar-refractivity contribution in [3.8, 4) is 39.6 Å². The lowest BCUT2D eigenvalue weighted by atomic mass is 9.82. The Morgan fingerprint density at radius 2 is 0.859 bits per heavy atom. The van der Waals surface area contributed by atoms with Gasteiger partial charge in [0.2, 0.25) is 0 Å². The van der Waals surface area contributed by atoms with Crippen LogP contribution in [0.25, 0.3) is 111 Å². The molecular formula is C65H46N6. The number of allylic oxidation sites excluding steroid dienone is 4. The first-order chi connectivity index (χ1) is 35.0. The molecule has 71 heavy (non-hydrogen) atoms. The first-order valence-corrected chi connectivity index (χ1v) is 24.7. The van der Waals surface area contributed by atoms with E-state index in [1.807, 2.05) is 0 Å². The van der Waals surface area contributed by atoms with Gasteiger partial charge in [-0.1, -0.05) is 141 Å². The van der Waals surface area contributed by atoms with Crippen LogP contribution in [0.15, 0.2) is 224 Å². The van der Waals surface area contributed by atoms with Crippen LogP contribution in [0.4, 0.5) is 0 Å². The monoisotopic (exact) mass is 910 g/mol. The molecule has 0 bridgehead atoms. The summed E-state index contributed by atoms with van der Waals surface area (Å²) < 4.78 is 9.58. The molecule has 9 aromatic carbocycles. The molecule has 1 atom stereocenters. The van der Waals surface area contributed by atoms with Gasteiger partial charge in [-0.15, -0.1) is 0 Å². The van der Waals surface area contributed by atoms with Crippen molar-refractivity contribution in [3.05, 3.63) is 241 Å². The Hall–Kier alpha value is -9.00. The normalized spacial score (nSPS) is 15.1. The summed E-state index contributed by atoms with van der Waals surface area (Å²) in [6.45, 7) is 4.75. The first-order valence-electron chi connectivity index (χ1n) is 24.7. The van der Waals surface area contributed by atoms with Crippen LogP contribution in [0, 0.1) is 0 Å². The van der Waals surface area contributed by atoms with Crippen LogP contribution < -0.4 is 0 Å². The van der Waals surface area contributed by atoms with E-state index in [-0.39, 0.29) is 11.5 Å². The predicted octanol–water partition coefficient (Wildman–Crippen LogP) is 16.1. The Kier molecular flexibility index (Phi) is 8.44. The largest absolute Gasteiger partial charge is 0.333 e. The molecule has 1 unspecified atom stereocenters. The zero-order valence-electron chi connectivity index (χ0n) is 39.3. The van der Waals surface area contributed by atoms with Crippen LogP contribution in [0.2, 0.25) is 0 Å². The van der Waals surface area contributed by atoms with E-state index >= 15 is 0 Å². The number of hydrogen-bond acceptors (Lipinski definition) is 2. The van der Waals surface area contributed by atoms with Crippen molar-refractivity contribution in [2.45, 2.75) is 31.7 Å². The lowest BCUT2D eigenvalue weighted by molar-refractivity contribution is 0.649. The van der Waals surface area contributed by atoms with E-state index in [0.29, 0.717) is 0 Å². The van der Waals surface area contributed by atoms with Crippen LogP contribution in [-0.4, -0.2) is 28.2 Å². The Bertz CT molecular complexity index is 4280. The fourth-order valence-electron chi connectivity index (χ4n) is 12.2. The molecule has 15 rings (SSSR count). The summed E-state index contributed by atoms with van der Waals surface area (Å²) in [5.41, 5.74) is 19.3. The number of rotatable bonds is 6. The highest BCUT2D eigenvalue weighted by Crippen LogP contribution is 2.52. The Morgan fingerprint density at radius 1 is 0.423 bits per heavy atom. The van der Waals surface area contributed by atoms with E-state index in [2.05, 4.69) is 257 Å². The number of para-hydroxylation sites is 6. The molecule has 0 amide bonds. The van der Waals surface area contributed by atoms with Gasteiger partial charge in [-0.05, 0) is 126 Å². The molecule has 13 aromatic rings. The van der Waals surface area contributed by atoms with E-state index in [0.717, 1.165) is 68.3 Å². The Balaban J connectivity index is 0.853. The number of nitrogens with zero attached hydrogens (tertiary/aromatic N) is 6. The SMILES string of the molecule is CC1(C)c2cc3c(cc2-c2cc4nc(-c5ccc(-n6c7ccccc7c7ccccc76)cc5)n(-c5ccccc5)c4cc21)nc(C1=CCC(n2c4ccccc4c4ccccc42)C=C1)n3-c1ccccc1. The van der Waals surface area contributed by atoms with Crippen LogP contribution in [0.5, 0.6) is 0 Å². The molecule has 0 radical (unpaired) electrons. The summed E-state index contributed by atoms with van der Waals surface area (Å²) >= 11 is 0. The molecule has 0 spiro atoms. The maximum absolute atomic E-state index is 5.53. The fourth-order valence-corrected chi connectivity index (χ4v) is 12.2. The second kappa shape index (κ2) is 15.0. The van der Waals surface area contributed by atoms with Gasteiger partial charge < -0.3 is 9.13 Å². The van der Waals surface area contributed by atoms with Gasteiger partial charge in [0.05, 0.1) is 39.1 Å². The van der Waals surface area contributed by atoms with Gasteiger partial charge in [0.15, 0.2) is 0 Å². The van der Waals surface area contributed by atoms with E-state index < -0.39 is 0 Å². The average Bonchev–Trinajstić information content (AvgIpc) is 4.22. The minimum atomic E-state index is -0.297. The average molecular weight is 911 g/mol. The molecule has 0 saturated heterocycles. The van der Waals surface area contributed by atoms with Crippen LogP contribution in [0.3, 0.4) is 0 Å². The smallest absolute Gasteiger partial charge is 0.145 e. The summed E-state index contributed by atoms with van der Waals surface area (Å²) in [5.74, 6) is 1.87. The van der Waals surface area contributed by atoms with Gasteiger partial charge in [0, 0.05) is 66.2 Å². The Labute approximate surface area is 410 Å². The molecule has 6 nitrogen and oxygen atoms in total. The second-order valence-corrected chi connectivity index (χ2v) is 19.8. The minimum Gasteiger partial charge on any atom is -0.333 e. The van der Waals surface area contributed by atoms with E-state index in [1.54, 1.807) is 0 Å². The summed E-state index contributed by atoms with van der Waals surface area (Å²) in [6.07, 6.45) is 7.91. The van der Waals surface area contributed by atoms with Crippen LogP contribution in [0.1, 0.15) is 43.3 Å². The van der Waals surface area contributed by atoms with Gasteiger partial charge in [-0.2, -0.15) is 0 Å². The maximum Gasteiger partial charge on any atom is 0.145 e. The molecule has 0 saturated carbocycles. The molecule has 2 aliphatic rings. The number of fused-ring (bicyclic) bond motifs is 11. The van der Waals surface area contributed by atoms with Crippen molar-refractivity contribution < 1.29 is 0 Å². The minimum absolute atomic E-state index is 0.188. The molecule has 2 aliphatic carbocycles. The third kappa shape index (κ3) is 5.82. The van der Waals surface area contributed by atoms with Gasteiger partial charge in [-0.25, -0.2) is 9.97 Å². The van der Waals surface area contributed by atoms with Crippen LogP contribution in [-0.2, 0) is 5.41 Å². The highest BCUT2D eigenvalue weighted by atomic mass is 15.1. The topological polar surface area (TPSA) is 45.5 Å². The van der Waals surface area contributed by atoms with Crippen LogP contribution >= 0.6 is 0 Å². The number of aromatic nitrogens is 6. The summed E-state index contributed by atoms with van der Waals surface area (Å²) in [6, 6.07) is 74.9. The summed E-state index contributed by atoms with van der Waals surface area (Å²) in [4.78, 5) is 11.0. The lowest BCUT2D eigenvalue weighted by Crippen LogP contribution is -2.15. The molecule has 0 aliphatic heterocycles. The van der Waals surface area contributed by atoms with Crippen molar-refractivity contribution >= 4 is 71.3 Å². The molecule has 6 heteroatoms. The molecule has 4 heterocycles. The van der Waals surface area contributed by atoms with Gasteiger partial charge in [-0.3, -0.25) is 9.13 Å². The second-order valence-electron chi connectivity index (χ2n) is 19.8. The quantitative estimate of drug-likeness (QED) is 0.167. The third-order valence-corrected chi connectivity index (χ3v) is 15.5. The highest BCUT2D eigenvalue weighted by Gasteiger charge is 2.38. The lowest BCUT2D eigenvalue weighted by Gasteiger charge is -2.22. The van der Waals surface area contributed by atoms with Gasteiger partial charge >= 0.3 is 0 Å². The molecule has 0 N–H and O–H groups in total. The zero-order valence-corrected chi connectivity index (χ0v) is 39.3. The molecule has 4 aromatic heterocycles. The van der Waals surface area contributed by atoms with Gasteiger partial charge in [0.25, 0.3) is 0 Å². The summed E-state index contributed by atoms with van der Waals surface area (Å²) in [5, 5.41) is 5.10. The maximum atomic E-state index is 5.53. The first kappa shape index (κ1) is 39.9. The molecule has 336 valence electrons. The predicted molar refractivity (Wildman–Crippen MR) is 293 cm³/mol. The van der Waals surface area contributed by atoms with E-state index in [1.165, 1.54) is 65.9 Å². The van der Waals surface area contributed by atoms with Crippen molar-refractivity contribution in [2.75, 3.05) is 0 Å². The molecular weight excluding hydrogens is 865 g/mol. The summed E-state index contributed by atoms with van der Waals surface area (Å²) in [7, 11) is 0. The Morgan fingerprint density at radius 3 is 1.37 bits per heavy atom. The molecule has 0 fully saturated rings. The zero-order chi connectivity index (χ0) is 47.0. The van der Waals surface area contributed by atoms with Crippen molar-refractivity contribution in [1.29, 1.82) is 0 Å². The third-order valence-electron chi connectivity index (χ3n) is 15.5. The standard InChI is InChI=1S/C65H46N6/c1-65(2)53-39-61-55(66-63(70(61)43-17-5-3-6-18-43)41-29-33-45(34-30-41)68-57-25-13-9-21-47(57)48-22-10-14-26-58(48)68)37-51(53)52-38-56-62(40-54(52)65)71(44-19-7-4-8-20-44)64(67-56)42-31-35-46(36-32-42)69-59-27-15-11-23-49(59)50-24-12-16-28-60(50)69/h3-35,37-40,46H,36H2,1-2H3. The van der Waals surface area contributed by atoms with Gasteiger partial charge in [0.1, 0.15) is 11.6 Å². The number of benzene rings is 9.